The second-order valence-electron chi connectivity index (χ2n) is 4.85. The Labute approximate surface area is 144 Å². The van der Waals surface area contributed by atoms with E-state index in [1.807, 2.05) is 0 Å². The maximum atomic E-state index is 11.9. The van der Waals surface area contributed by atoms with E-state index in [-0.39, 0.29) is 24.8 Å². The van der Waals surface area contributed by atoms with Crippen LogP contribution in [0.2, 0.25) is 10.0 Å². The first-order valence-corrected chi connectivity index (χ1v) is 7.66. The highest BCUT2D eigenvalue weighted by atomic mass is 35.5. The van der Waals surface area contributed by atoms with E-state index < -0.39 is 0 Å². The van der Waals surface area contributed by atoms with Crippen LogP contribution in [0.3, 0.4) is 0 Å². The van der Waals surface area contributed by atoms with Crippen molar-refractivity contribution in [2.24, 2.45) is 0 Å². The lowest BCUT2D eigenvalue weighted by Gasteiger charge is -2.10. The van der Waals surface area contributed by atoms with Gasteiger partial charge in [0.25, 0.3) is 5.91 Å². The molecule has 0 saturated heterocycles. The molecule has 120 valence electrons. The molecular weight excluding hydrogens is 337 g/mol. The number of ether oxygens (including phenoxy) is 1. The highest BCUT2D eigenvalue weighted by Gasteiger charge is 2.10. The third-order valence-electron chi connectivity index (χ3n) is 3.12. The first-order chi connectivity index (χ1) is 11.0. The maximum Gasteiger partial charge on any atom is 0.258 e. The summed E-state index contributed by atoms with van der Waals surface area (Å²) in [7, 11) is 0. The summed E-state index contributed by atoms with van der Waals surface area (Å²) in [6.07, 6.45) is 0. The Balaban J connectivity index is 1.90. The second kappa shape index (κ2) is 7.99. The van der Waals surface area contributed by atoms with Gasteiger partial charge in [-0.25, -0.2) is 0 Å². The molecule has 4 nitrogen and oxygen atoms in total. The molecule has 0 spiro atoms. The van der Waals surface area contributed by atoms with E-state index in [1.54, 1.807) is 42.5 Å². The molecule has 2 aromatic rings. The average Bonchev–Trinajstić information content (AvgIpc) is 2.52. The lowest BCUT2D eigenvalue weighted by atomic mass is 10.1. The summed E-state index contributed by atoms with van der Waals surface area (Å²) >= 11 is 11.9. The number of Topliss-reactive ketones (excluding diaryl/α,β-unsaturated/α-hetero) is 1. The number of halogens is 2. The number of nitrogens with one attached hydrogen (secondary N) is 1. The van der Waals surface area contributed by atoms with Crippen LogP contribution in [0, 0.1) is 0 Å². The van der Waals surface area contributed by atoms with Crippen molar-refractivity contribution in [3.63, 3.8) is 0 Å². The Morgan fingerprint density at radius 3 is 2.57 bits per heavy atom. The molecule has 0 unspecified atom stereocenters. The fourth-order valence-electron chi connectivity index (χ4n) is 1.94. The normalized spacial score (nSPS) is 10.2. The molecule has 0 bridgehead atoms. The van der Waals surface area contributed by atoms with Crippen LogP contribution in [-0.4, -0.2) is 18.3 Å². The summed E-state index contributed by atoms with van der Waals surface area (Å²) in [6, 6.07) is 11.9. The summed E-state index contributed by atoms with van der Waals surface area (Å²) in [5.74, 6) is -0.0389. The van der Waals surface area contributed by atoms with E-state index in [0.29, 0.717) is 21.4 Å². The average molecular weight is 352 g/mol. The highest BCUT2D eigenvalue weighted by Crippen LogP contribution is 2.21. The van der Waals surface area contributed by atoms with Gasteiger partial charge in [-0.15, -0.1) is 0 Å². The molecule has 0 aliphatic rings. The van der Waals surface area contributed by atoms with Crippen LogP contribution in [0.15, 0.2) is 42.5 Å². The van der Waals surface area contributed by atoms with E-state index in [9.17, 15) is 9.59 Å². The molecule has 0 atom stereocenters. The van der Waals surface area contributed by atoms with Crippen molar-refractivity contribution in [1.82, 2.24) is 5.32 Å². The Hall–Kier alpha value is -2.04. The summed E-state index contributed by atoms with van der Waals surface area (Å²) in [6.45, 7) is 1.53. The number of carbonyl (C=O) groups excluding carboxylic acids is 2. The van der Waals surface area contributed by atoms with Crippen LogP contribution < -0.4 is 10.1 Å². The van der Waals surface area contributed by atoms with E-state index >= 15 is 0 Å². The van der Waals surface area contributed by atoms with E-state index in [1.165, 1.54) is 6.92 Å². The third-order valence-corrected chi connectivity index (χ3v) is 3.70. The Kier molecular flexibility index (Phi) is 6.02. The van der Waals surface area contributed by atoms with Gasteiger partial charge in [-0.05, 0) is 36.8 Å². The molecule has 0 radical (unpaired) electrons. The minimum atomic E-state index is -0.311. The number of benzene rings is 2. The number of para-hydroxylation sites is 1. The third kappa shape index (κ3) is 4.98. The molecule has 0 fully saturated rings. The molecule has 0 aliphatic carbocycles. The predicted molar refractivity (Wildman–Crippen MR) is 90.3 cm³/mol. The van der Waals surface area contributed by atoms with Gasteiger partial charge in [0, 0.05) is 16.6 Å². The maximum absolute atomic E-state index is 11.9. The largest absolute Gasteiger partial charge is 0.483 e. The second-order valence-corrected chi connectivity index (χ2v) is 5.70. The summed E-state index contributed by atoms with van der Waals surface area (Å²) in [4.78, 5) is 23.3. The van der Waals surface area contributed by atoms with Crippen molar-refractivity contribution in [2.75, 3.05) is 6.61 Å². The molecule has 1 amide bonds. The predicted octanol–water partition coefficient (Wildman–Crippen LogP) is 3.89. The summed E-state index contributed by atoms with van der Waals surface area (Å²) in [5, 5.41) is 3.72. The van der Waals surface area contributed by atoms with Crippen molar-refractivity contribution in [3.8, 4) is 5.75 Å². The fourth-order valence-corrected chi connectivity index (χ4v) is 2.41. The van der Waals surface area contributed by atoms with Crippen LogP contribution in [0.5, 0.6) is 5.75 Å². The Morgan fingerprint density at radius 2 is 1.87 bits per heavy atom. The zero-order valence-electron chi connectivity index (χ0n) is 12.4. The van der Waals surface area contributed by atoms with Gasteiger partial charge >= 0.3 is 0 Å². The zero-order valence-corrected chi connectivity index (χ0v) is 13.9. The molecule has 2 rings (SSSR count). The minimum Gasteiger partial charge on any atom is -0.483 e. The monoisotopic (exact) mass is 351 g/mol. The molecule has 0 heterocycles. The fraction of sp³-hybridized carbons (Fsp3) is 0.176. The van der Waals surface area contributed by atoms with Gasteiger partial charge in [-0.1, -0.05) is 41.4 Å². The number of amides is 1. The molecule has 23 heavy (non-hydrogen) atoms. The molecular formula is C17H15Cl2NO3. The van der Waals surface area contributed by atoms with Crippen molar-refractivity contribution in [3.05, 3.63) is 63.6 Å². The lowest BCUT2D eigenvalue weighted by molar-refractivity contribution is -0.123. The minimum absolute atomic E-state index is 0.117. The molecule has 0 saturated carbocycles. The van der Waals surface area contributed by atoms with Gasteiger partial charge in [0.05, 0.1) is 5.56 Å². The summed E-state index contributed by atoms with van der Waals surface area (Å²) in [5.41, 5.74) is 1.20. The van der Waals surface area contributed by atoms with Gasteiger partial charge in [-0.2, -0.15) is 0 Å². The van der Waals surface area contributed by atoms with E-state index in [0.717, 1.165) is 5.56 Å². The standard InChI is InChI=1S/C17H15Cl2NO3/c1-11(21)14-4-2-3-5-16(14)23-10-17(22)20-9-12-6-7-13(18)8-15(12)19/h2-8H,9-10H2,1H3,(H,20,22). The molecule has 0 aromatic heterocycles. The SMILES string of the molecule is CC(=O)c1ccccc1OCC(=O)NCc1ccc(Cl)cc1Cl. The quantitative estimate of drug-likeness (QED) is 0.803. The van der Waals surface area contributed by atoms with Gasteiger partial charge < -0.3 is 10.1 Å². The highest BCUT2D eigenvalue weighted by molar-refractivity contribution is 6.35. The first kappa shape index (κ1) is 17.3. The zero-order chi connectivity index (χ0) is 16.8. The van der Waals surface area contributed by atoms with Crippen molar-refractivity contribution in [1.29, 1.82) is 0 Å². The van der Waals surface area contributed by atoms with Crippen LogP contribution in [0.1, 0.15) is 22.8 Å². The topological polar surface area (TPSA) is 55.4 Å². The Bertz CT molecular complexity index is 732. The van der Waals surface area contributed by atoms with Gasteiger partial charge in [0.1, 0.15) is 5.75 Å². The number of hydrogen-bond donors (Lipinski definition) is 1. The van der Waals surface area contributed by atoms with E-state index in [2.05, 4.69) is 5.32 Å². The Morgan fingerprint density at radius 1 is 1.13 bits per heavy atom. The number of hydrogen-bond acceptors (Lipinski definition) is 3. The van der Waals surface area contributed by atoms with Crippen LogP contribution in [0.25, 0.3) is 0 Å². The molecule has 0 aliphatic heterocycles. The van der Waals surface area contributed by atoms with Gasteiger partial charge in [0.15, 0.2) is 12.4 Å². The van der Waals surface area contributed by atoms with Crippen molar-refractivity contribution < 1.29 is 14.3 Å². The summed E-state index contributed by atoms with van der Waals surface area (Å²) < 4.78 is 5.41. The lowest BCUT2D eigenvalue weighted by Crippen LogP contribution is -2.28. The molecule has 1 N–H and O–H groups in total. The molecule has 2 aromatic carbocycles. The number of carbonyl (C=O) groups is 2. The van der Waals surface area contributed by atoms with Crippen LogP contribution in [0.4, 0.5) is 0 Å². The van der Waals surface area contributed by atoms with E-state index in [4.69, 9.17) is 27.9 Å². The number of rotatable bonds is 6. The van der Waals surface area contributed by atoms with Gasteiger partial charge in [-0.3, -0.25) is 9.59 Å². The van der Waals surface area contributed by atoms with Gasteiger partial charge in [0.2, 0.25) is 0 Å². The van der Waals surface area contributed by atoms with Crippen molar-refractivity contribution >= 4 is 34.9 Å². The number of ketones is 1. The van der Waals surface area contributed by atoms with Crippen LogP contribution >= 0.6 is 23.2 Å². The first-order valence-electron chi connectivity index (χ1n) is 6.91. The smallest absolute Gasteiger partial charge is 0.258 e. The van der Waals surface area contributed by atoms with Crippen molar-refractivity contribution in [2.45, 2.75) is 13.5 Å². The van der Waals surface area contributed by atoms with Crippen LogP contribution in [-0.2, 0) is 11.3 Å². The molecule has 6 heteroatoms.